The molecule has 11 heteroatoms. The van der Waals surface area contributed by atoms with Gasteiger partial charge in [-0.2, -0.15) is 0 Å². The molecule has 3 fully saturated rings. The molecule has 278 valence electrons. The lowest BCUT2D eigenvalue weighted by Gasteiger charge is -2.22. The van der Waals surface area contributed by atoms with Crippen molar-refractivity contribution in [3.8, 4) is 16.5 Å². The number of aromatic nitrogens is 2. The second-order valence-corrected chi connectivity index (χ2v) is 16.1. The predicted octanol–water partition coefficient (Wildman–Crippen LogP) is 8.84. The molecule has 0 spiro atoms. The Labute approximate surface area is 311 Å². The number of H-pyrrole nitrogens is 1. The van der Waals surface area contributed by atoms with Crippen molar-refractivity contribution in [1.29, 1.82) is 0 Å². The molecule has 6 rings (SSSR count). The van der Waals surface area contributed by atoms with E-state index in [1.54, 1.807) is 43.6 Å². The van der Waals surface area contributed by atoms with Gasteiger partial charge in [0.25, 0.3) is 0 Å². The Morgan fingerprint density at radius 2 is 1.98 bits per heavy atom. The molecule has 1 unspecified atom stereocenters. The first-order valence-electron chi connectivity index (χ1n) is 18.6. The monoisotopic (exact) mass is 736 g/mol. The van der Waals surface area contributed by atoms with Gasteiger partial charge in [0, 0.05) is 41.1 Å². The Hall–Kier alpha value is -3.44. The van der Waals surface area contributed by atoms with E-state index in [0.29, 0.717) is 17.7 Å². The maximum Gasteiger partial charge on any atom is 0.223 e. The number of methoxy groups -OCH3 is 1. The number of nitrogens with zero attached hydrogens (tertiary/aromatic N) is 2. The number of allylic oxidation sites excluding steroid dienone is 2. The van der Waals surface area contributed by atoms with E-state index in [0.717, 1.165) is 89.8 Å². The van der Waals surface area contributed by atoms with Crippen LogP contribution in [0.4, 0.5) is 0 Å². The van der Waals surface area contributed by atoms with Crippen LogP contribution in [0.15, 0.2) is 46.6 Å². The van der Waals surface area contributed by atoms with Gasteiger partial charge >= 0.3 is 0 Å². The van der Waals surface area contributed by atoms with Gasteiger partial charge in [-0.25, -0.2) is 4.98 Å². The SMILES string of the molecule is CCCC1C[C@H]1/C=C\CCCCCC(=O)N1CCC[C@H]1C(C)=O.COc1ccc2c(=O)cc(-c3nc(C(C)C)cs3)[nH]c2c1.O=CNSC1CC1. The van der Waals surface area contributed by atoms with Crippen molar-refractivity contribution in [2.75, 3.05) is 13.7 Å². The second kappa shape index (κ2) is 20.6. The van der Waals surface area contributed by atoms with E-state index in [2.05, 4.69) is 47.6 Å². The van der Waals surface area contributed by atoms with Crippen LogP contribution < -0.4 is 14.9 Å². The van der Waals surface area contributed by atoms with E-state index in [1.807, 2.05) is 16.3 Å². The van der Waals surface area contributed by atoms with E-state index in [4.69, 9.17) is 4.74 Å². The Bertz CT molecular complexity index is 1660. The third-order valence-electron chi connectivity index (χ3n) is 9.51. The minimum absolute atomic E-state index is 0.0114. The lowest BCUT2D eigenvalue weighted by molar-refractivity contribution is -0.137. The molecule has 2 saturated carbocycles. The molecule has 0 bridgehead atoms. The Balaban J connectivity index is 0.000000193. The molecule has 3 aliphatic rings. The van der Waals surface area contributed by atoms with Crippen molar-refractivity contribution in [3.63, 3.8) is 0 Å². The van der Waals surface area contributed by atoms with Crippen molar-refractivity contribution in [1.82, 2.24) is 19.6 Å². The number of rotatable bonds is 16. The number of carbonyl (C=O) groups excluding carboxylic acids is 3. The van der Waals surface area contributed by atoms with Crippen LogP contribution in [0.2, 0.25) is 0 Å². The summed E-state index contributed by atoms with van der Waals surface area (Å²) in [6, 6.07) is 6.87. The van der Waals surface area contributed by atoms with Crippen LogP contribution in [0.1, 0.15) is 116 Å². The van der Waals surface area contributed by atoms with Gasteiger partial charge in [-0.15, -0.1) is 11.3 Å². The predicted molar refractivity (Wildman–Crippen MR) is 210 cm³/mol. The van der Waals surface area contributed by atoms with Gasteiger partial charge in [-0.05, 0) is 100 Å². The summed E-state index contributed by atoms with van der Waals surface area (Å²) in [7, 11) is 1.61. The van der Waals surface area contributed by atoms with Crippen LogP contribution in [0.25, 0.3) is 21.6 Å². The van der Waals surface area contributed by atoms with Crippen LogP contribution in [-0.2, 0) is 14.4 Å². The third-order valence-corrected chi connectivity index (χ3v) is 11.4. The summed E-state index contributed by atoms with van der Waals surface area (Å²) in [6.07, 6.45) is 18.9. The number of hydrogen-bond acceptors (Lipinski definition) is 8. The van der Waals surface area contributed by atoms with Crippen LogP contribution in [0.5, 0.6) is 5.75 Å². The smallest absolute Gasteiger partial charge is 0.223 e. The minimum Gasteiger partial charge on any atom is -0.497 e. The van der Waals surface area contributed by atoms with Gasteiger partial charge in [-0.1, -0.05) is 52.2 Å². The molecule has 51 heavy (non-hydrogen) atoms. The number of fused-ring (bicyclic) bond motifs is 1. The van der Waals surface area contributed by atoms with Gasteiger partial charge in [0.15, 0.2) is 11.2 Å². The number of Topliss-reactive ketones (excluding diaryl/α,β-unsaturated/α-hetero) is 1. The maximum absolute atomic E-state index is 12.2. The van der Waals surface area contributed by atoms with E-state index < -0.39 is 0 Å². The molecular weight excluding hydrogens is 681 g/mol. The molecule has 3 aromatic rings. The highest BCUT2D eigenvalue weighted by Crippen LogP contribution is 2.43. The first kappa shape index (κ1) is 40.3. The molecule has 2 aromatic heterocycles. The lowest BCUT2D eigenvalue weighted by Crippen LogP contribution is -2.39. The topological polar surface area (TPSA) is 121 Å². The first-order valence-corrected chi connectivity index (χ1v) is 20.4. The van der Waals surface area contributed by atoms with Crippen molar-refractivity contribution < 1.29 is 19.1 Å². The van der Waals surface area contributed by atoms with Crippen molar-refractivity contribution in [3.05, 3.63) is 57.7 Å². The number of ketones is 1. The largest absolute Gasteiger partial charge is 0.497 e. The molecule has 1 aliphatic heterocycles. The highest BCUT2D eigenvalue weighted by Gasteiger charge is 2.33. The molecule has 3 heterocycles. The number of ether oxygens (including phenoxy) is 1. The number of benzene rings is 1. The quantitative estimate of drug-likeness (QED) is 0.0653. The second-order valence-electron chi connectivity index (χ2n) is 14.1. The molecule has 1 aromatic carbocycles. The van der Waals surface area contributed by atoms with E-state index in [-0.39, 0.29) is 23.2 Å². The molecule has 2 amide bonds. The van der Waals surface area contributed by atoms with Gasteiger partial charge in [0.05, 0.1) is 30.1 Å². The fourth-order valence-corrected chi connectivity index (χ4v) is 7.86. The fourth-order valence-electron chi connectivity index (χ4n) is 6.29. The molecule has 0 radical (unpaired) electrons. The van der Waals surface area contributed by atoms with Crippen molar-refractivity contribution in [2.45, 2.75) is 122 Å². The summed E-state index contributed by atoms with van der Waals surface area (Å²) in [5.41, 5.74) is 2.54. The highest BCUT2D eigenvalue weighted by molar-refractivity contribution is 7.98. The molecule has 3 atom stereocenters. The average Bonchev–Trinajstić information content (AvgIpc) is 3.96. The zero-order valence-corrected chi connectivity index (χ0v) is 32.6. The Kier molecular flexibility index (Phi) is 16.3. The fraction of sp³-hybridized carbons (Fsp3) is 0.575. The Morgan fingerprint density at radius 1 is 1.18 bits per heavy atom. The van der Waals surface area contributed by atoms with Crippen LogP contribution >= 0.6 is 23.3 Å². The summed E-state index contributed by atoms with van der Waals surface area (Å²) >= 11 is 3.07. The minimum atomic E-state index is -0.139. The van der Waals surface area contributed by atoms with E-state index >= 15 is 0 Å². The zero-order chi connectivity index (χ0) is 36.8. The van der Waals surface area contributed by atoms with Crippen molar-refractivity contribution >= 4 is 52.3 Å². The van der Waals surface area contributed by atoms with Crippen LogP contribution in [-0.4, -0.2) is 57.9 Å². The van der Waals surface area contributed by atoms with Crippen molar-refractivity contribution in [2.24, 2.45) is 11.8 Å². The average molecular weight is 737 g/mol. The summed E-state index contributed by atoms with van der Waals surface area (Å²) < 4.78 is 7.75. The molecule has 2 N–H and O–H groups in total. The zero-order valence-electron chi connectivity index (χ0n) is 31.0. The summed E-state index contributed by atoms with van der Waals surface area (Å²) in [6.45, 7) is 8.85. The number of amides is 2. The number of unbranched alkanes of at least 4 members (excludes halogenated alkanes) is 3. The number of likely N-dealkylation sites (tertiary alicyclic amines) is 1. The summed E-state index contributed by atoms with van der Waals surface area (Å²) in [5, 5.41) is 4.25. The van der Waals surface area contributed by atoms with E-state index in [9.17, 15) is 19.2 Å². The maximum atomic E-state index is 12.2. The highest BCUT2D eigenvalue weighted by atomic mass is 32.2. The van der Waals surface area contributed by atoms with Crippen LogP contribution in [0, 0.1) is 11.8 Å². The molecule has 1 saturated heterocycles. The number of nitrogens with one attached hydrogen (secondary N) is 2. The first-order chi connectivity index (χ1) is 24.6. The molecular formula is C40H56N4O5S2. The molecule has 2 aliphatic carbocycles. The summed E-state index contributed by atoms with van der Waals surface area (Å²) in [5.74, 6) is 3.24. The van der Waals surface area contributed by atoms with Crippen LogP contribution in [0.3, 0.4) is 0 Å². The molecule has 9 nitrogen and oxygen atoms in total. The van der Waals surface area contributed by atoms with E-state index in [1.165, 1.54) is 50.5 Å². The van der Waals surface area contributed by atoms with Gasteiger partial charge in [0.1, 0.15) is 10.8 Å². The van der Waals surface area contributed by atoms with Gasteiger partial charge < -0.3 is 19.3 Å². The van der Waals surface area contributed by atoms with Gasteiger partial charge in [-0.3, -0.25) is 19.2 Å². The van der Waals surface area contributed by atoms with Gasteiger partial charge in [0.2, 0.25) is 12.3 Å². The Morgan fingerprint density at radius 3 is 2.65 bits per heavy atom. The number of pyridine rings is 1. The number of thiazole rings is 1. The number of hydrogen-bond donors (Lipinski definition) is 2. The normalized spacial score (nSPS) is 19.3. The standard InChI is InChI=1S/C20H33NO2.C16H16N2O2S.C4H7NOS/c1-3-10-17-15-18(17)11-7-5-4-6-8-13-20(23)21-14-9-12-19(21)16(2)22;1-9(2)14-8-21-16(18-14)13-7-15(19)11-5-4-10(20-3)6-12(11)17-13;6-3-5-7-4-1-2-4/h7,11,17-19H,3-6,8-10,12-15H2,1-2H3;4-9H,1-3H3,(H,17,19);3-4H,1-2H2,(H,5,6)/b11-7-;;/t17?,18-,19+;;/m1../s1. The number of aromatic amines is 1. The lowest BCUT2D eigenvalue weighted by atomic mass is 10.1. The third kappa shape index (κ3) is 12.9. The summed E-state index contributed by atoms with van der Waals surface area (Å²) in [4.78, 5) is 55.2. The number of carbonyl (C=O) groups is 3.